The van der Waals surface area contributed by atoms with Crippen LogP contribution >= 0.6 is 11.3 Å². The molecule has 0 aliphatic heterocycles. The molecule has 1 amide bonds. The summed E-state index contributed by atoms with van der Waals surface area (Å²) in [7, 11) is 0. The van der Waals surface area contributed by atoms with Gasteiger partial charge in [-0.15, -0.1) is 11.3 Å². The Hall–Kier alpha value is -0.940. The van der Waals surface area contributed by atoms with Crippen LogP contribution in [0.4, 0.5) is 5.13 Å². The summed E-state index contributed by atoms with van der Waals surface area (Å²) in [5, 5.41) is 3.60. The molecule has 1 atom stereocenters. The van der Waals surface area contributed by atoms with Crippen LogP contribution in [0, 0.1) is 5.41 Å². The normalized spacial score (nSPS) is 17.8. The van der Waals surface area contributed by atoms with Crippen LogP contribution < -0.4 is 11.1 Å². The number of rotatable bonds is 2. The van der Waals surface area contributed by atoms with Crippen molar-refractivity contribution in [2.75, 3.05) is 5.32 Å². The Bertz CT molecular complexity index is 450. The number of aromatic nitrogens is 1. The van der Waals surface area contributed by atoms with E-state index in [0.717, 1.165) is 12.8 Å². The van der Waals surface area contributed by atoms with Gasteiger partial charge in [-0.25, -0.2) is 4.98 Å². The molecule has 3 N–H and O–H groups in total. The molecule has 0 saturated carbocycles. The lowest BCUT2D eigenvalue weighted by Crippen LogP contribution is -2.45. The number of carbonyl (C=O) groups excluding carboxylic acids is 1. The number of hydrogen-bond acceptors (Lipinski definition) is 4. The number of fused-ring (bicyclic) bond motifs is 1. The van der Waals surface area contributed by atoms with Gasteiger partial charge in [-0.05, 0) is 31.1 Å². The van der Waals surface area contributed by atoms with Crippen molar-refractivity contribution in [3.05, 3.63) is 10.6 Å². The Morgan fingerprint density at radius 3 is 2.55 bits per heavy atom. The van der Waals surface area contributed by atoms with Crippen LogP contribution in [0.1, 0.15) is 57.0 Å². The lowest BCUT2D eigenvalue weighted by atomic mass is 9.87. The summed E-state index contributed by atoms with van der Waals surface area (Å²) in [4.78, 5) is 18.1. The van der Waals surface area contributed by atoms with E-state index in [-0.39, 0.29) is 11.3 Å². The first-order valence-electron chi connectivity index (χ1n) is 7.43. The highest BCUT2D eigenvalue weighted by Crippen LogP contribution is 2.29. The third-order valence-corrected chi connectivity index (χ3v) is 4.86. The van der Waals surface area contributed by atoms with Crippen LogP contribution in [0.25, 0.3) is 0 Å². The largest absolute Gasteiger partial charge is 0.319 e. The van der Waals surface area contributed by atoms with E-state index in [1.54, 1.807) is 11.3 Å². The molecule has 0 aromatic carbocycles. The summed E-state index contributed by atoms with van der Waals surface area (Å²) in [6.45, 7) is 5.91. The minimum atomic E-state index is -0.519. The quantitative estimate of drug-likeness (QED) is 0.881. The molecule has 4 nitrogen and oxygen atoms in total. The summed E-state index contributed by atoms with van der Waals surface area (Å²) < 4.78 is 0. The maximum Gasteiger partial charge on any atom is 0.243 e. The standard InChI is InChI=1S/C15H25N3OS/c1-15(2,3)12(16)13(19)18-14-17-10-8-6-4-5-7-9-11(10)20-14/h12H,4-9,16H2,1-3H3,(H,17,18,19)/t12-/m1/s1. The van der Waals surface area contributed by atoms with Crippen LogP contribution in [0.5, 0.6) is 0 Å². The van der Waals surface area contributed by atoms with Gasteiger partial charge in [0.15, 0.2) is 5.13 Å². The molecule has 20 heavy (non-hydrogen) atoms. The van der Waals surface area contributed by atoms with Gasteiger partial charge in [-0.3, -0.25) is 4.79 Å². The SMILES string of the molecule is CC(C)(C)[C@H](N)C(=O)Nc1nc2c(s1)CCCCCC2. The molecule has 1 heterocycles. The number of nitrogens with zero attached hydrogens (tertiary/aromatic N) is 1. The molecule has 112 valence electrons. The number of nitrogens with one attached hydrogen (secondary N) is 1. The third-order valence-electron chi connectivity index (χ3n) is 3.79. The van der Waals surface area contributed by atoms with E-state index < -0.39 is 6.04 Å². The molecule has 0 bridgehead atoms. The second kappa shape index (κ2) is 6.22. The van der Waals surface area contributed by atoms with Gasteiger partial charge in [-0.1, -0.05) is 33.6 Å². The number of anilines is 1. The summed E-state index contributed by atoms with van der Waals surface area (Å²) in [6.07, 6.45) is 7.14. The average molecular weight is 295 g/mol. The van der Waals surface area contributed by atoms with Gasteiger partial charge in [0.25, 0.3) is 0 Å². The van der Waals surface area contributed by atoms with E-state index in [0.29, 0.717) is 5.13 Å². The van der Waals surface area contributed by atoms with Gasteiger partial charge in [0.2, 0.25) is 5.91 Å². The highest BCUT2D eigenvalue weighted by molar-refractivity contribution is 7.15. The van der Waals surface area contributed by atoms with Gasteiger partial charge >= 0.3 is 0 Å². The van der Waals surface area contributed by atoms with Crippen molar-refractivity contribution in [1.82, 2.24) is 4.98 Å². The maximum absolute atomic E-state index is 12.1. The maximum atomic E-state index is 12.1. The summed E-state index contributed by atoms with van der Waals surface area (Å²) >= 11 is 1.62. The zero-order chi connectivity index (χ0) is 14.8. The molecule has 0 saturated heterocycles. The number of nitrogens with two attached hydrogens (primary N) is 1. The lowest BCUT2D eigenvalue weighted by molar-refractivity contribution is -0.119. The highest BCUT2D eigenvalue weighted by atomic mass is 32.1. The monoisotopic (exact) mass is 295 g/mol. The molecule has 1 aliphatic rings. The lowest BCUT2D eigenvalue weighted by Gasteiger charge is -2.25. The molecule has 0 radical (unpaired) electrons. The van der Waals surface area contributed by atoms with Crippen molar-refractivity contribution < 1.29 is 4.79 Å². The fourth-order valence-corrected chi connectivity index (χ4v) is 3.39. The van der Waals surface area contributed by atoms with E-state index >= 15 is 0 Å². The summed E-state index contributed by atoms with van der Waals surface area (Å²) in [5.74, 6) is -0.140. The zero-order valence-corrected chi connectivity index (χ0v) is 13.5. The first kappa shape index (κ1) is 15.4. The molecule has 1 aromatic rings. The van der Waals surface area contributed by atoms with Crippen molar-refractivity contribution in [2.24, 2.45) is 11.1 Å². The number of thiazole rings is 1. The number of carbonyl (C=O) groups is 1. The molecule has 0 fully saturated rings. The Balaban J connectivity index is 2.07. The van der Waals surface area contributed by atoms with Gasteiger partial charge < -0.3 is 11.1 Å². The molecular formula is C15H25N3OS. The first-order valence-corrected chi connectivity index (χ1v) is 8.24. The highest BCUT2D eigenvalue weighted by Gasteiger charge is 2.28. The predicted molar refractivity (Wildman–Crippen MR) is 84.1 cm³/mol. The molecule has 5 heteroatoms. The second-order valence-electron chi connectivity index (χ2n) is 6.64. The number of aryl methyl sites for hydroxylation is 2. The van der Waals surface area contributed by atoms with Crippen molar-refractivity contribution in [2.45, 2.75) is 65.3 Å². The van der Waals surface area contributed by atoms with Crippen molar-refractivity contribution >= 4 is 22.4 Å². The van der Waals surface area contributed by atoms with E-state index in [1.807, 2.05) is 20.8 Å². The molecule has 1 aliphatic carbocycles. The summed E-state index contributed by atoms with van der Waals surface area (Å²) in [5.41, 5.74) is 6.91. The van der Waals surface area contributed by atoms with Gasteiger partial charge in [-0.2, -0.15) is 0 Å². The van der Waals surface area contributed by atoms with Gasteiger partial charge in [0.05, 0.1) is 11.7 Å². The Morgan fingerprint density at radius 2 is 1.90 bits per heavy atom. The third kappa shape index (κ3) is 3.79. The minimum absolute atomic E-state index is 0.140. The van der Waals surface area contributed by atoms with E-state index in [4.69, 9.17) is 5.73 Å². The second-order valence-corrected chi connectivity index (χ2v) is 7.72. The molecule has 0 spiro atoms. The van der Waals surface area contributed by atoms with Gasteiger partial charge in [0.1, 0.15) is 0 Å². The van der Waals surface area contributed by atoms with Crippen LogP contribution in [0.3, 0.4) is 0 Å². The van der Waals surface area contributed by atoms with Gasteiger partial charge in [0, 0.05) is 4.88 Å². The fourth-order valence-electron chi connectivity index (χ4n) is 2.34. The summed E-state index contributed by atoms with van der Waals surface area (Å²) in [6, 6.07) is -0.519. The molecular weight excluding hydrogens is 270 g/mol. The molecule has 2 rings (SSSR count). The van der Waals surface area contributed by atoms with Crippen LogP contribution in [-0.2, 0) is 17.6 Å². The van der Waals surface area contributed by atoms with Crippen molar-refractivity contribution in [3.8, 4) is 0 Å². The van der Waals surface area contributed by atoms with Crippen LogP contribution in [0.2, 0.25) is 0 Å². The Labute approximate surface area is 125 Å². The number of amides is 1. The van der Waals surface area contributed by atoms with E-state index in [1.165, 1.54) is 36.3 Å². The Morgan fingerprint density at radius 1 is 1.25 bits per heavy atom. The van der Waals surface area contributed by atoms with Crippen LogP contribution in [0.15, 0.2) is 0 Å². The first-order chi connectivity index (χ1) is 9.38. The predicted octanol–water partition coefficient (Wildman–Crippen LogP) is 3.11. The van der Waals surface area contributed by atoms with E-state index in [9.17, 15) is 4.79 Å². The zero-order valence-electron chi connectivity index (χ0n) is 12.7. The average Bonchev–Trinajstić information content (AvgIpc) is 2.68. The van der Waals surface area contributed by atoms with E-state index in [2.05, 4.69) is 10.3 Å². The fraction of sp³-hybridized carbons (Fsp3) is 0.733. The molecule has 1 aromatic heterocycles. The van der Waals surface area contributed by atoms with Crippen molar-refractivity contribution in [3.63, 3.8) is 0 Å². The Kier molecular flexibility index (Phi) is 4.81. The molecule has 0 unspecified atom stereocenters. The number of hydrogen-bond donors (Lipinski definition) is 2. The topological polar surface area (TPSA) is 68.0 Å². The van der Waals surface area contributed by atoms with Crippen LogP contribution in [-0.4, -0.2) is 16.9 Å². The smallest absolute Gasteiger partial charge is 0.243 e. The minimum Gasteiger partial charge on any atom is -0.319 e. The van der Waals surface area contributed by atoms with Crippen molar-refractivity contribution in [1.29, 1.82) is 0 Å².